The molecule has 0 spiro atoms. The molecule has 0 radical (unpaired) electrons. The van der Waals surface area contributed by atoms with Crippen LogP contribution in [0, 0.1) is 0 Å². The van der Waals surface area contributed by atoms with Crippen LogP contribution < -0.4 is 5.73 Å². The third-order valence-corrected chi connectivity index (χ3v) is 2.98. The van der Waals surface area contributed by atoms with Gasteiger partial charge < -0.3 is 10.5 Å². The van der Waals surface area contributed by atoms with Crippen molar-refractivity contribution in [2.45, 2.75) is 31.2 Å². The molecule has 94 valence electrons. The summed E-state index contributed by atoms with van der Waals surface area (Å²) in [5.74, 6) is 0. The summed E-state index contributed by atoms with van der Waals surface area (Å²) in [6.07, 6.45) is -2.70. The van der Waals surface area contributed by atoms with Gasteiger partial charge in [-0.15, -0.1) is 0 Å². The van der Waals surface area contributed by atoms with Crippen molar-refractivity contribution in [2.75, 3.05) is 6.54 Å². The minimum absolute atomic E-state index is 0.0299. The number of hydrogen-bond acceptors (Lipinski definition) is 2. The molecule has 0 bridgehead atoms. The maximum atomic E-state index is 12.4. The summed E-state index contributed by atoms with van der Waals surface area (Å²) in [7, 11) is 0. The Balaban J connectivity index is 2.09. The SMILES string of the molecule is NCC1CCC(c2ccc(C(F)(F)F)cc2)O1. The molecule has 2 nitrogen and oxygen atoms in total. The second-order valence-corrected chi connectivity index (χ2v) is 4.18. The number of benzene rings is 1. The Morgan fingerprint density at radius 3 is 2.29 bits per heavy atom. The van der Waals surface area contributed by atoms with Crippen molar-refractivity contribution < 1.29 is 17.9 Å². The lowest BCUT2D eigenvalue weighted by atomic mass is 10.0. The second kappa shape index (κ2) is 4.66. The lowest BCUT2D eigenvalue weighted by molar-refractivity contribution is -0.137. The predicted octanol–water partition coefficient (Wildman–Crippen LogP) is 2.88. The molecule has 17 heavy (non-hydrogen) atoms. The van der Waals surface area contributed by atoms with E-state index in [1.54, 1.807) is 0 Å². The van der Waals surface area contributed by atoms with Crippen molar-refractivity contribution in [3.05, 3.63) is 35.4 Å². The van der Waals surface area contributed by atoms with Gasteiger partial charge in [0, 0.05) is 6.54 Å². The first kappa shape index (κ1) is 12.4. The molecule has 1 aromatic rings. The van der Waals surface area contributed by atoms with Gasteiger partial charge in [0.25, 0.3) is 0 Å². The van der Waals surface area contributed by atoms with Gasteiger partial charge in [-0.25, -0.2) is 0 Å². The lowest BCUT2D eigenvalue weighted by Crippen LogP contribution is -2.18. The van der Waals surface area contributed by atoms with Crippen LogP contribution in [0.15, 0.2) is 24.3 Å². The number of hydrogen-bond donors (Lipinski definition) is 1. The Bertz CT molecular complexity index is 374. The number of rotatable bonds is 2. The number of alkyl halides is 3. The van der Waals surface area contributed by atoms with Crippen LogP contribution in [0.1, 0.15) is 30.1 Å². The Labute approximate surface area is 97.6 Å². The summed E-state index contributed by atoms with van der Waals surface area (Å²) in [6.45, 7) is 0.455. The molecule has 1 saturated heterocycles. The van der Waals surface area contributed by atoms with Crippen LogP contribution in [0.2, 0.25) is 0 Å². The van der Waals surface area contributed by atoms with Gasteiger partial charge in [-0.2, -0.15) is 13.2 Å². The van der Waals surface area contributed by atoms with E-state index in [-0.39, 0.29) is 12.2 Å². The molecule has 1 heterocycles. The van der Waals surface area contributed by atoms with Gasteiger partial charge in [-0.05, 0) is 30.5 Å². The van der Waals surface area contributed by atoms with Crippen molar-refractivity contribution >= 4 is 0 Å². The van der Waals surface area contributed by atoms with Gasteiger partial charge in [0.2, 0.25) is 0 Å². The molecule has 5 heteroatoms. The van der Waals surface area contributed by atoms with E-state index < -0.39 is 11.7 Å². The highest BCUT2D eigenvalue weighted by atomic mass is 19.4. The molecule has 0 saturated carbocycles. The topological polar surface area (TPSA) is 35.2 Å². The summed E-state index contributed by atoms with van der Waals surface area (Å²) in [6, 6.07) is 5.14. The summed E-state index contributed by atoms with van der Waals surface area (Å²) >= 11 is 0. The monoisotopic (exact) mass is 245 g/mol. The predicted molar refractivity (Wildman–Crippen MR) is 57.3 cm³/mol. The van der Waals surface area contributed by atoms with Crippen LogP contribution in [0.4, 0.5) is 13.2 Å². The normalized spacial score (nSPS) is 25.2. The zero-order valence-corrected chi connectivity index (χ0v) is 9.20. The highest BCUT2D eigenvalue weighted by Crippen LogP contribution is 2.34. The average molecular weight is 245 g/mol. The Morgan fingerprint density at radius 2 is 1.82 bits per heavy atom. The Hall–Kier alpha value is -1.07. The van der Waals surface area contributed by atoms with Crippen molar-refractivity contribution in [3.63, 3.8) is 0 Å². The third kappa shape index (κ3) is 2.79. The molecule has 1 fully saturated rings. The van der Waals surface area contributed by atoms with Gasteiger partial charge in [-0.1, -0.05) is 12.1 Å². The summed E-state index contributed by atoms with van der Waals surface area (Å²) in [4.78, 5) is 0. The summed E-state index contributed by atoms with van der Waals surface area (Å²) < 4.78 is 42.7. The quantitative estimate of drug-likeness (QED) is 0.869. The number of nitrogens with two attached hydrogens (primary N) is 1. The van der Waals surface area contributed by atoms with Gasteiger partial charge in [0.15, 0.2) is 0 Å². The smallest absolute Gasteiger partial charge is 0.369 e. The van der Waals surface area contributed by atoms with Gasteiger partial charge in [-0.3, -0.25) is 0 Å². The van der Waals surface area contributed by atoms with E-state index in [4.69, 9.17) is 10.5 Å². The van der Waals surface area contributed by atoms with Crippen LogP contribution >= 0.6 is 0 Å². The van der Waals surface area contributed by atoms with E-state index in [9.17, 15) is 13.2 Å². The van der Waals surface area contributed by atoms with E-state index in [0.29, 0.717) is 6.54 Å². The van der Waals surface area contributed by atoms with Crippen molar-refractivity contribution in [1.82, 2.24) is 0 Å². The molecule has 2 N–H and O–H groups in total. The molecule has 0 aromatic heterocycles. The molecule has 1 aromatic carbocycles. The van der Waals surface area contributed by atoms with Gasteiger partial charge in [0.05, 0.1) is 17.8 Å². The first-order valence-electron chi connectivity index (χ1n) is 5.53. The molecule has 2 unspecified atom stereocenters. The third-order valence-electron chi connectivity index (χ3n) is 2.98. The van der Waals surface area contributed by atoms with Crippen molar-refractivity contribution in [1.29, 1.82) is 0 Å². The van der Waals surface area contributed by atoms with E-state index in [1.165, 1.54) is 12.1 Å². The maximum Gasteiger partial charge on any atom is 0.416 e. The summed E-state index contributed by atoms with van der Waals surface area (Å²) in [5, 5.41) is 0. The molecule has 0 aliphatic carbocycles. The Kier molecular flexibility index (Phi) is 3.40. The molecule has 1 aliphatic rings. The van der Waals surface area contributed by atoms with E-state index in [0.717, 1.165) is 30.5 Å². The minimum Gasteiger partial charge on any atom is -0.369 e. The Morgan fingerprint density at radius 1 is 1.18 bits per heavy atom. The fourth-order valence-electron chi connectivity index (χ4n) is 2.01. The van der Waals surface area contributed by atoms with Crippen LogP contribution in [0.5, 0.6) is 0 Å². The zero-order chi connectivity index (χ0) is 12.5. The standard InChI is InChI=1S/C12H14F3NO/c13-12(14,15)9-3-1-8(2-4-9)11-6-5-10(7-16)17-11/h1-4,10-11H,5-7,16H2. The van der Waals surface area contributed by atoms with Crippen molar-refractivity contribution in [2.24, 2.45) is 5.73 Å². The molecular weight excluding hydrogens is 231 g/mol. The highest BCUT2D eigenvalue weighted by molar-refractivity contribution is 5.26. The number of ether oxygens (including phenoxy) is 1. The zero-order valence-electron chi connectivity index (χ0n) is 9.20. The highest BCUT2D eigenvalue weighted by Gasteiger charge is 2.31. The molecular formula is C12H14F3NO. The van der Waals surface area contributed by atoms with Gasteiger partial charge >= 0.3 is 6.18 Å². The minimum atomic E-state index is -4.28. The van der Waals surface area contributed by atoms with Gasteiger partial charge in [0.1, 0.15) is 0 Å². The molecule has 2 rings (SSSR count). The van der Waals surface area contributed by atoms with Crippen LogP contribution in [0.25, 0.3) is 0 Å². The van der Waals surface area contributed by atoms with E-state index in [1.807, 2.05) is 0 Å². The van der Waals surface area contributed by atoms with Crippen LogP contribution in [-0.2, 0) is 10.9 Å². The lowest BCUT2D eigenvalue weighted by Gasteiger charge is -2.13. The van der Waals surface area contributed by atoms with Crippen molar-refractivity contribution in [3.8, 4) is 0 Å². The van der Waals surface area contributed by atoms with E-state index >= 15 is 0 Å². The fourth-order valence-corrected chi connectivity index (χ4v) is 2.01. The average Bonchev–Trinajstić information content (AvgIpc) is 2.76. The van der Waals surface area contributed by atoms with Crippen LogP contribution in [-0.4, -0.2) is 12.6 Å². The molecule has 2 atom stereocenters. The van der Waals surface area contributed by atoms with Crippen LogP contribution in [0.3, 0.4) is 0 Å². The second-order valence-electron chi connectivity index (χ2n) is 4.18. The number of halogens is 3. The molecule has 0 amide bonds. The van der Waals surface area contributed by atoms with E-state index in [2.05, 4.69) is 0 Å². The summed E-state index contributed by atoms with van der Waals surface area (Å²) in [5.41, 5.74) is 5.64. The molecule has 1 aliphatic heterocycles. The maximum absolute atomic E-state index is 12.4. The largest absolute Gasteiger partial charge is 0.416 e. The first-order chi connectivity index (χ1) is 8.00. The first-order valence-corrected chi connectivity index (χ1v) is 5.53. The fraction of sp³-hybridized carbons (Fsp3) is 0.500.